The predicted molar refractivity (Wildman–Crippen MR) is 103 cm³/mol. The van der Waals surface area contributed by atoms with Gasteiger partial charge in [-0.3, -0.25) is 19.1 Å². The van der Waals surface area contributed by atoms with Crippen LogP contribution in [0, 0.1) is 6.92 Å². The maximum absolute atomic E-state index is 12.2. The minimum Gasteiger partial charge on any atom is -0.495 e. The van der Waals surface area contributed by atoms with Crippen LogP contribution in [0.3, 0.4) is 0 Å². The number of hydrogen-bond donors (Lipinski definition) is 2. The molecule has 0 radical (unpaired) electrons. The Labute approximate surface area is 165 Å². The van der Waals surface area contributed by atoms with Crippen LogP contribution in [0.5, 0.6) is 5.75 Å². The quantitative estimate of drug-likeness (QED) is 0.608. The minimum atomic E-state index is -0.797. The van der Waals surface area contributed by atoms with Crippen molar-refractivity contribution >= 4 is 17.5 Å². The Morgan fingerprint density at radius 1 is 1.21 bits per heavy atom. The largest absolute Gasteiger partial charge is 0.495 e. The third-order valence-corrected chi connectivity index (χ3v) is 3.96. The van der Waals surface area contributed by atoms with Crippen molar-refractivity contribution in [2.75, 3.05) is 19.0 Å². The van der Waals surface area contributed by atoms with Gasteiger partial charge in [0.15, 0.2) is 0 Å². The van der Waals surface area contributed by atoms with Gasteiger partial charge in [0.25, 0.3) is 0 Å². The summed E-state index contributed by atoms with van der Waals surface area (Å²) >= 11 is 0. The fraction of sp³-hybridized carbons (Fsp3) is 0.211. The molecule has 0 spiro atoms. The molecule has 10 heteroatoms. The van der Waals surface area contributed by atoms with Gasteiger partial charge in [-0.15, -0.1) is 0 Å². The first-order valence-electron chi connectivity index (χ1n) is 8.67. The molecule has 150 valence electrons. The minimum absolute atomic E-state index is 0.125. The zero-order valence-electron chi connectivity index (χ0n) is 15.8. The van der Waals surface area contributed by atoms with Gasteiger partial charge in [-0.05, 0) is 36.8 Å². The van der Waals surface area contributed by atoms with Gasteiger partial charge in [0.1, 0.15) is 18.0 Å². The number of nitrogens with one attached hydrogen (secondary N) is 2. The molecule has 1 aromatic carbocycles. The Bertz CT molecular complexity index is 1070. The van der Waals surface area contributed by atoms with Crippen molar-refractivity contribution in [2.45, 2.75) is 13.5 Å². The van der Waals surface area contributed by atoms with E-state index < -0.39 is 17.6 Å². The summed E-state index contributed by atoms with van der Waals surface area (Å²) < 4.78 is 10.9. The monoisotopic (exact) mass is 397 g/mol. The number of rotatable bonds is 7. The Balaban J connectivity index is 1.61. The lowest BCUT2D eigenvalue weighted by Gasteiger charge is -2.11. The maximum atomic E-state index is 12.2. The van der Waals surface area contributed by atoms with Gasteiger partial charge in [0, 0.05) is 6.20 Å². The molecule has 0 aliphatic rings. The van der Waals surface area contributed by atoms with Crippen LogP contribution in [0.2, 0.25) is 0 Å². The molecule has 2 heterocycles. The average molecular weight is 397 g/mol. The van der Waals surface area contributed by atoms with E-state index in [0.717, 1.165) is 10.1 Å². The first kappa shape index (κ1) is 19.8. The smallest absolute Gasteiger partial charge is 0.442 e. The molecule has 2 N–H and O–H groups in total. The van der Waals surface area contributed by atoms with E-state index in [4.69, 9.17) is 4.74 Å². The van der Waals surface area contributed by atoms with Gasteiger partial charge in [0.2, 0.25) is 17.6 Å². The zero-order valence-corrected chi connectivity index (χ0v) is 15.8. The van der Waals surface area contributed by atoms with E-state index in [-0.39, 0.29) is 18.9 Å². The highest BCUT2D eigenvalue weighted by molar-refractivity contribution is 5.95. The molecule has 0 aliphatic heterocycles. The van der Waals surface area contributed by atoms with Crippen LogP contribution < -0.4 is 21.1 Å². The lowest BCUT2D eigenvalue weighted by atomic mass is 10.2. The van der Waals surface area contributed by atoms with Crippen LogP contribution >= 0.6 is 0 Å². The molecule has 29 heavy (non-hydrogen) atoms. The molecule has 0 fully saturated rings. The number of pyridine rings is 1. The van der Waals surface area contributed by atoms with Crippen molar-refractivity contribution in [3.05, 3.63) is 58.7 Å². The number of carbonyl (C=O) groups is 2. The zero-order chi connectivity index (χ0) is 20.8. The molecule has 3 aromatic rings. The summed E-state index contributed by atoms with van der Waals surface area (Å²) in [7, 11) is 1.50. The number of methoxy groups -OCH3 is 1. The van der Waals surface area contributed by atoms with Gasteiger partial charge >= 0.3 is 5.76 Å². The van der Waals surface area contributed by atoms with Gasteiger partial charge in [-0.25, -0.2) is 9.36 Å². The standard InChI is InChI=1S/C19H19N5O5/c1-12-6-7-15(28-2)14(9-12)22-16(25)10-21-17(26)11-24-18(23-29-19(24)27)13-5-3-4-8-20-13/h3-9H,10-11H2,1-2H3,(H,21,26)(H,22,25). The van der Waals surface area contributed by atoms with Crippen LogP contribution in [0.1, 0.15) is 5.56 Å². The lowest BCUT2D eigenvalue weighted by Crippen LogP contribution is -2.36. The van der Waals surface area contributed by atoms with Crippen LogP contribution in [-0.2, 0) is 16.1 Å². The Kier molecular flexibility index (Phi) is 6.03. The summed E-state index contributed by atoms with van der Waals surface area (Å²) in [5.41, 5.74) is 1.83. The topological polar surface area (TPSA) is 128 Å². The van der Waals surface area contributed by atoms with Crippen LogP contribution in [0.25, 0.3) is 11.5 Å². The molecule has 2 aromatic heterocycles. The third-order valence-electron chi connectivity index (χ3n) is 3.96. The molecule has 2 amide bonds. The SMILES string of the molecule is COc1ccc(C)cc1NC(=O)CNC(=O)Cn1c(-c2ccccn2)noc1=O. The molecule has 10 nitrogen and oxygen atoms in total. The summed E-state index contributed by atoms with van der Waals surface area (Å²) in [6.07, 6.45) is 1.53. The second-order valence-corrected chi connectivity index (χ2v) is 6.10. The van der Waals surface area contributed by atoms with Crippen LogP contribution in [0.4, 0.5) is 5.69 Å². The van der Waals surface area contributed by atoms with Crippen molar-refractivity contribution in [1.82, 2.24) is 20.0 Å². The molecule has 0 atom stereocenters. The highest BCUT2D eigenvalue weighted by Gasteiger charge is 2.17. The molecule has 0 saturated carbocycles. The maximum Gasteiger partial charge on any atom is 0.442 e. The molecule has 0 unspecified atom stereocenters. The summed E-state index contributed by atoms with van der Waals surface area (Å²) in [6, 6.07) is 10.4. The predicted octanol–water partition coefficient (Wildman–Crippen LogP) is 0.970. The lowest BCUT2D eigenvalue weighted by molar-refractivity contribution is -0.124. The molecular weight excluding hydrogens is 378 g/mol. The van der Waals surface area contributed by atoms with Crippen molar-refractivity contribution in [1.29, 1.82) is 0 Å². The third kappa shape index (κ3) is 4.86. The number of anilines is 1. The van der Waals surface area contributed by atoms with Crippen molar-refractivity contribution in [3.8, 4) is 17.3 Å². The fourth-order valence-corrected chi connectivity index (χ4v) is 2.58. The highest BCUT2D eigenvalue weighted by atomic mass is 16.5. The first-order chi connectivity index (χ1) is 14.0. The normalized spacial score (nSPS) is 10.4. The number of benzene rings is 1. The number of carbonyl (C=O) groups excluding carboxylic acids is 2. The molecule has 0 saturated heterocycles. The van der Waals surface area contributed by atoms with Crippen molar-refractivity contribution < 1.29 is 18.8 Å². The van der Waals surface area contributed by atoms with Gasteiger partial charge in [0.05, 0.1) is 19.3 Å². The first-order valence-corrected chi connectivity index (χ1v) is 8.67. The van der Waals surface area contributed by atoms with E-state index in [1.54, 1.807) is 30.3 Å². The number of aryl methyl sites for hydroxylation is 1. The number of nitrogens with zero attached hydrogens (tertiary/aromatic N) is 3. The molecule has 3 rings (SSSR count). The average Bonchev–Trinajstić information content (AvgIpc) is 3.07. The number of ether oxygens (including phenoxy) is 1. The van der Waals surface area contributed by atoms with E-state index in [1.807, 2.05) is 13.0 Å². The second kappa shape index (κ2) is 8.83. The van der Waals surface area contributed by atoms with Gasteiger partial charge in [-0.2, -0.15) is 0 Å². The van der Waals surface area contributed by atoms with E-state index >= 15 is 0 Å². The second-order valence-electron chi connectivity index (χ2n) is 6.10. The highest BCUT2D eigenvalue weighted by Crippen LogP contribution is 2.24. The Morgan fingerprint density at radius 2 is 2.03 bits per heavy atom. The molecule has 0 bridgehead atoms. The summed E-state index contributed by atoms with van der Waals surface area (Å²) in [4.78, 5) is 40.3. The number of amides is 2. The Morgan fingerprint density at radius 3 is 2.76 bits per heavy atom. The van der Waals surface area contributed by atoms with Crippen molar-refractivity contribution in [2.24, 2.45) is 0 Å². The summed E-state index contributed by atoms with van der Waals surface area (Å²) in [5.74, 6) is -1.16. The Hall–Kier alpha value is -3.95. The summed E-state index contributed by atoms with van der Waals surface area (Å²) in [5, 5.41) is 8.79. The van der Waals surface area contributed by atoms with Crippen molar-refractivity contribution in [3.63, 3.8) is 0 Å². The summed E-state index contributed by atoms with van der Waals surface area (Å²) in [6.45, 7) is 1.23. The van der Waals surface area contributed by atoms with E-state index in [0.29, 0.717) is 17.1 Å². The van der Waals surface area contributed by atoms with Gasteiger partial charge in [-0.1, -0.05) is 17.3 Å². The van der Waals surface area contributed by atoms with Crippen LogP contribution in [-0.4, -0.2) is 40.2 Å². The van der Waals surface area contributed by atoms with Crippen LogP contribution in [0.15, 0.2) is 51.9 Å². The van der Waals surface area contributed by atoms with E-state index in [2.05, 4.69) is 25.3 Å². The molecular formula is C19H19N5O5. The number of aromatic nitrogens is 3. The van der Waals surface area contributed by atoms with E-state index in [1.165, 1.54) is 13.3 Å². The number of hydrogen-bond acceptors (Lipinski definition) is 7. The van der Waals surface area contributed by atoms with Gasteiger partial charge < -0.3 is 15.4 Å². The van der Waals surface area contributed by atoms with E-state index in [9.17, 15) is 14.4 Å². The fourth-order valence-electron chi connectivity index (χ4n) is 2.58. The molecule has 0 aliphatic carbocycles.